The van der Waals surface area contributed by atoms with Crippen LogP contribution in [-0.2, 0) is 42.1 Å². The van der Waals surface area contributed by atoms with E-state index in [1.54, 1.807) is 11.7 Å². The summed E-state index contributed by atoms with van der Waals surface area (Å²) in [6.07, 6.45) is 2.92. The van der Waals surface area contributed by atoms with Crippen LogP contribution in [0.5, 0.6) is 0 Å². The van der Waals surface area contributed by atoms with Crippen molar-refractivity contribution in [3.63, 3.8) is 0 Å². The highest BCUT2D eigenvalue weighted by atomic mass is 16.5. The van der Waals surface area contributed by atoms with Gasteiger partial charge in [-0.15, -0.1) is 0 Å². The van der Waals surface area contributed by atoms with Gasteiger partial charge in [-0.1, -0.05) is 0 Å². The lowest BCUT2D eigenvalue weighted by Gasteiger charge is -2.24. The number of fused-ring (bicyclic) bond motifs is 1. The molecule has 172 valence electrons. The minimum Gasteiger partial charge on any atom is -0.383 e. The lowest BCUT2D eigenvalue weighted by atomic mass is 9.96. The van der Waals surface area contributed by atoms with Crippen molar-refractivity contribution in [2.24, 2.45) is 5.92 Å². The van der Waals surface area contributed by atoms with E-state index in [9.17, 15) is 9.59 Å². The smallest absolute Gasteiger partial charge is 0.345 e. The summed E-state index contributed by atoms with van der Waals surface area (Å²) in [5.41, 5.74) is 3.20. The van der Waals surface area contributed by atoms with Crippen LogP contribution in [0.1, 0.15) is 55.9 Å². The molecule has 1 atom stereocenters. The van der Waals surface area contributed by atoms with Crippen LogP contribution in [0, 0.1) is 19.8 Å². The molecule has 0 aromatic carbocycles. The maximum atomic E-state index is 13.1. The van der Waals surface area contributed by atoms with Crippen LogP contribution in [0.25, 0.3) is 0 Å². The van der Waals surface area contributed by atoms with E-state index in [0.29, 0.717) is 39.2 Å². The van der Waals surface area contributed by atoms with E-state index < -0.39 is 0 Å². The van der Waals surface area contributed by atoms with Gasteiger partial charge in [-0.3, -0.25) is 14.0 Å². The Balaban J connectivity index is 1.62. The molecule has 2 aromatic heterocycles. The Bertz CT molecular complexity index is 957. The minimum absolute atomic E-state index is 0.0758. The number of amides is 1. The standard InChI is InChI=1S/C22H36N6O3/c1-6-25(15-19-16(3)23-27(7-2)17(19)4)21(29)14-18-8-9-20-24-28(12-13-31-5)22(30)26(20)11-10-18/h18H,6-15H2,1-5H3. The van der Waals surface area contributed by atoms with Crippen LogP contribution in [0.15, 0.2) is 4.79 Å². The molecule has 9 nitrogen and oxygen atoms in total. The summed E-state index contributed by atoms with van der Waals surface area (Å²) in [5.74, 6) is 1.25. The third-order valence-corrected chi connectivity index (χ3v) is 6.42. The molecule has 0 bridgehead atoms. The van der Waals surface area contributed by atoms with Crippen molar-refractivity contribution in [3.05, 3.63) is 33.3 Å². The molecule has 9 heteroatoms. The van der Waals surface area contributed by atoms with Gasteiger partial charge in [0.15, 0.2) is 0 Å². The number of rotatable bonds is 9. The molecule has 0 radical (unpaired) electrons. The SMILES string of the molecule is CCN(Cc1c(C)nn(CC)c1C)C(=O)CC1CCc2nn(CCOC)c(=O)n2CC1. The van der Waals surface area contributed by atoms with E-state index in [1.165, 1.54) is 4.68 Å². The molecular formula is C22H36N6O3. The largest absolute Gasteiger partial charge is 0.383 e. The van der Waals surface area contributed by atoms with Gasteiger partial charge in [-0.2, -0.15) is 10.2 Å². The highest BCUT2D eigenvalue weighted by Crippen LogP contribution is 2.23. The van der Waals surface area contributed by atoms with Crippen LogP contribution in [0.4, 0.5) is 0 Å². The van der Waals surface area contributed by atoms with E-state index in [-0.39, 0.29) is 17.5 Å². The van der Waals surface area contributed by atoms with Gasteiger partial charge in [-0.05, 0) is 46.5 Å². The van der Waals surface area contributed by atoms with Gasteiger partial charge in [0.05, 0.1) is 18.8 Å². The Kier molecular flexibility index (Phi) is 7.69. The first kappa shape index (κ1) is 23.2. The number of hydrogen-bond acceptors (Lipinski definition) is 5. The summed E-state index contributed by atoms with van der Waals surface area (Å²) in [5, 5.41) is 9.06. The summed E-state index contributed by atoms with van der Waals surface area (Å²) >= 11 is 0. The fourth-order valence-electron chi connectivity index (χ4n) is 4.43. The predicted octanol–water partition coefficient (Wildman–Crippen LogP) is 1.92. The maximum Gasteiger partial charge on any atom is 0.345 e. The lowest BCUT2D eigenvalue weighted by molar-refractivity contribution is -0.132. The van der Waals surface area contributed by atoms with E-state index in [1.807, 2.05) is 23.4 Å². The van der Waals surface area contributed by atoms with Crippen LogP contribution in [0.3, 0.4) is 0 Å². The topological polar surface area (TPSA) is 87.2 Å². The van der Waals surface area contributed by atoms with E-state index in [0.717, 1.165) is 48.6 Å². The lowest BCUT2D eigenvalue weighted by Crippen LogP contribution is -2.32. The Morgan fingerprint density at radius 1 is 1.19 bits per heavy atom. The van der Waals surface area contributed by atoms with E-state index in [2.05, 4.69) is 24.0 Å². The van der Waals surface area contributed by atoms with Crippen molar-refractivity contribution in [2.75, 3.05) is 20.3 Å². The molecular weight excluding hydrogens is 396 g/mol. The van der Waals surface area contributed by atoms with E-state index >= 15 is 0 Å². The number of nitrogens with zero attached hydrogens (tertiary/aromatic N) is 6. The molecule has 3 rings (SSSR count). The quantitative estimate of drug-likeness (QED) is 0.604. The zero-order valence-electron chi connectivity index (χ0n) is 19.6. The summed E-state index contributed by atoms with van der Waals surface area (Å²) in [6.45, 7) is 11.9. The number of ether oxygens (including phenoxy) is 1. The first-order chi connectivity index (χ1) is 14.9. The zero-order valence-corrected chi connectivity index (χ0v) is 19.6. The second kappa shape index (κ2) is 10.3. The molecule has 0 fully saturated rings. The molecule has 1 aliphatic heterocycles. The fraction of sp³-hybridized carbons (Fsp3) is 0.727. The van der Waals surface area contributed by atoms with Crippen molar-refractivity contribution in [1.29, 1.82) is 0 Å². The van der Waals surface area contributed by atoms with Crippen LogP contribution < -0.4 is 5.69 Å². The highest BCUT2D eigenvalue weighted by molar-refractivity contribution is 5.76. The predicted molar refractivity (Wildman–Crippen MR) is 118 cm³/mol. The first-order valence-electron chi connectivity index (χ1n) is 11.4. The molecule has 1 aliphatic rings. The van der Waals surface area contributed by atoms with Crippen molar-refractivity contribution >= 4 is 5.91 Å². The Morgan fingerprint density at radius 3 is 2.61 bits per heavy atom. The van der Waals surface area contributed by atoms with Gasteiger partial charge in [0, 0.05) is 57.4 Å². The number of aryl methyl sites for hydroxylation is 3. The Labute approximate surface area is 184 Å². The molecule has 1 amide bonds. The van der Waals surface area contributed by atoms with E-state index in [4.69, 9.17) is 4.74 Å². The molecule has 31 heavy (non-hydrogen) atoms. The molecule has 3 heterocycles. The zero-order chi connectivity index (χ0) is 22.5. The van der Waals surface area contributed by atoms with Crippen LogP contribution in [-0.4, -0.2) is 55.2 Å². The second-order valence-electron chi connectivity index (χ2n) is 8.34. The summed E-state index contributed by atoms with van der Waals surface area (Å²) in [6, 6.07) is 0. The number of carbonyl (C=O) groups is 1. The molecule has 0 spiro atoms. The molecule has 0 saturated heterocycles. The summed E-state index contributed by atoms with van der Waals surface area (Å²) < 4.78 is 10.3. The minimum atomic E-state index is -0.0758. The van der Waals surface area contributed by atoms with Gasteiger partial charge in [0.25, 0.3) is 0 Å². The monoisotopic (exact) mass is 432 g/mol. The number of hydrogen-bond donors (Lipinski definition) is 0. The third kappa shape index (κ3) is 5.08. The van der Waals surface area contributed by atoms with Crippen LogP contribution in [0.2, 0.25) is 0 Å². The van der Waals surface area contributed by atoms with Gasteiger partial charge in [-0.25, -0.2) is 9.48 Å². The summed E-state index contributed by atoms with van der Waals surface area (Å²) in [7, 11) is 1.62. The molecule has 1 unspecified atom stereocenters. The van der Waals surface area contributed by atoms with Gasteiger partial charge >= 0.3 is 5.69 Å². The van der Waals surface area contributed by atoms with Gasteiger partial charge < -0.3 is 9.64 Å². The van der Waals surface area contributed by atoms with Crippen molar-refractivity contribution in [1.82, 2.24) is 29.0 Å². The van der Waals surface area contributed by atoms with Gasteiger partial charge in [0.1, 0.15) is 5.82 Å². The second-order valence-corrected chi connectivity index (χ2v) is 8.34. The van der Waals surface area contributed by atoms with Gasteiger partial charge in [0.2, 0.25) is 5.91 Å². The summed E-state index contributed by atoms with van der Waals surface area (Å²) in [4.78, 5) is 27.6. The molecule has 0 N–H and O–H groups in total. The van der Waals surface area contributed by atoms with Crippen molar-refractivity contribution in [3.8, 4) is 0 Å². The first-order valence-corrected chi connectivity index (χ1v) is 11.4. The number of carbonyl (C=O) groups excluding carboxylic acids is 1. The molecule has 0 saturated carbocycles. The maximum absolute atomic E-state index is 13.1. The fourth-order valence-corrected chi connectivity index (χ4v) is 4.43. The van der Waals surface area contributed by atoms with Crippen molar-refractivity contribution in [2.45, 2.75) is 79.6 Å². The normalized spacial score (nSPS) is 16.2. The molecule has 2 aromatic rings. The average molecular weight is 433 g/mol. The van der Waals surface area contributed by atoms with Crippen molar-refractivity contribution < 1.29 is 9.53 Å². The highest BCUT2D eigenvalue weighted by Gasteiger charge is 2.25. The average Bonchev–Trinajstić information content (AvgIpc) is 3.11. The number of methoxy groups -OCH3 is 1. The van der Waals surface area contributed by atoms with Crippen LogP contribution >= 0.6 is 0 Å². The third-order valence-electron chi connectivity index (χ3n) is 6.42. The molecule has 0 aliphatic carbocycles. The Morgan fingerprint density at radius 2 is 1.97 bits per heavy atom. The number of aromatic nitrogens is 5. The Hall–Kier alpha value is -2.42.